The Morgan fingerprint density at radius 1 is 1.53 bits per heavy atom. The van der Waals surface area contributed by atoms with Crippen molar-refractivity contribution < 1.29 is 9.21 Å². The molecule has 1 aromatic heterocycles. The van der Waals surface area contributed by atoms with Crippen molar-refractivity contribution in [2.24, 2.45) is 5.73 Å². The number of carbonyl (C=O) groups excluding carboxylic acids is 1. The molecule has 0 saturated heterocycles. The first-order chi connectivity index (χ1) is 6.99. The standard InChI is InChI=1S/C11H18N2O2/c1-7(12)6-11(14)13-9(3)10-5-4-8(2)15-10/h4-5,7,9H,6,12H2,1-3H3,(H,13,14). The molecule has 4 heteroatoms. The van der Waals surface area contributed by atoms with Crippen molar-refractivity contribution in [1.82, 2.24) is 5.32 Å². The summed E-state index contributed by atoms with van der Waals surface area (Å²) in [4.78, 5) is 11.4. The van der Waals surface area contributed by atoms with E-state index in [2.05, 4.69) is 5.32 Å². The van der Waals surface area contributed by atoms with Gasteiger partial charge in [-0.3, -0.25) is 4.79 Å². The van der Waals surface area contributed by atoms with Crippen molar-refractivity contribution in [3.63, 3.8) is 0 Å². The highest BCUT2D eigenvalue weighted by Gasteiger charge is 2.13. The van der Waals surface area contributed by atoms with Gasteiger partial charge in [-0.15, -0.1) is 0 Å². The van der Waals surface area contributed by atoms with Crippen molar-refractivity contribution in [3.05, 3.63) is 23.7 Å². The Bertz CT molecular complexity index is 331. The fraction of sp³-hybridized carbons (Fsp3) is 0.545. The third-order valence-electron chi connectivity index (χ3n) is 2.07. The zero-order valence-corrected chi connectivity index (χ0v) is 9.41. The minimum atomic E-state index is -0.115. The average Bonchev–Trinajstić information content (AvgIpc) is 2.49. The van der Waals surface area contributed by atoms with Gasteiger partial charge in [0.2, 0.25) is 5.91 Å². The largest absolute Gasteiger partial charge is 0.464 e. The summed E-state index contributed by atoms with van der Waals surface area (Å²) in [5.41, 5.74) is 5.53. The highest BCUT2D eigenvalue weighted by atomic mass is 16.3. The fourth-order valence-electron chi connectivity index (χ4n) is 1.35. The summed E-state index contributed by atoms with van der Waals surface area (Å²) in [6, 6.07) is 3.52. The lowest BCUT2D eigenvalue weighted by Gasteiger charge is -2.12. The van der Waals surface area contributed by atoms with Gasteiger partial charge in [-0.2, -0.15) is 0 Å². The molecule has 1 heterocycles. The van der Waals surface area contributed by atoms with Crippen LogP contribution in [0.5, 0.6) is 0 Å². The molecule has 0 aliphatic rings. The number of amides is 1. The van der Waals surface area contributed by atoms with Crippen LogP contribution in [0.3, 0.4) is 0 Å². The molecule has 1 amide bonds. The smallest absolute Gasteiger partial charge is 0.222 e. The van der Waals surface area contributed by atoms with Crippen LogP contribution in [0.4, 0.5) is 0 Å². The van der Waals surface area contributed by atoms with E-state index in [1.165, 1.54) is 0 Å². The predicted molar refractivity (Wildman–Crippen MR) is 58.3 cm³/mol. The molecular formula is C11H18N2O2. The van der Waals surface area contributed by atoms with E-state index in [9.17, 15) is 4.79 Å². The number of carbonyl (C=O) groups is 1. The first-order valence-corrected chi connectivity index (χ1v) is 5.10. The summed E-state index contributed by atoms with van der Waals surface area (Å²) < 4.78 is 5.41. The van der Waals surface area contributed by atoms with Gasteiger partial charge in [0, 0.05) is 12.5 Å². The van der Waals surface area contributed by atoms with Gasteiger partial charge < -0.3 is 15.5 Å². The van der Waals surface area contributed by atoms with Gasteiger partial charge in [0.1, 0.15) is 11.5 Å². The molecule has 2 unspecified atom stereocenters. The zero-order chi connectivity index (χ0) is 11.4. The molecule has 3 N–H and O–H groups in total. The Labute approximate surface area is 89.8 Å². The van der Waals surface area contributed by atoms with Gasteiger partial charge in [-0.05, 0) is 32.9 Å². The van der Waals surface area contributed by atoms with Crippen molar-refractivity contribution in [3.8, 4) is 0 Å². The highest BCUT2D eigenvalue weighted by Crippen LogP contribution is 2.15. The molecule has 0 aliphatic carbocycles. The van der Waals surface area contributed by atoms with Crippen molar-refractivity contribution in [2.45, 2.75) is 39.3 Å². The number of aryl methyl sites for hydroxylation is 1. The Morgan fingerprint density at radius 2 is 2.20 bits per heavy atom. The minimum absolute atomic E-state index is 0.0495. The number of nitrogens with one attached hydrogen (secondary N) is 1. The summed E-state index contributed by atoms with van der Waals surface area (Å²) in [6.07, 6.45) is 0.337. The lowest BCUT2D eigenvalue weighted by atomic mass is 10.2. The van der Waals surface area contributed by atoms with Gasteiger partial charge >= 0.3 is 0 Å². The van der Waals surface area contributed by atoms with E-state index < -0.39 is 0 Å². The molecule has 0 bridgehead atoms. The molecule has 84 valence electrons. The summed E-state index contributed by atoms with van der Waals surface area (Å²) in [7, 11) is 0. The normalized spacial score (nSPS) is 14.7. The van der Waals surface area contributed by atoms with Gasteiger partial charge in [-0.25, -0.2) is 0 Å². The van der Waals surface area contributed by atoms with E-state index in [1.807, 2.05) is 26.0 Å². The third-order valence-corrected chi connectivity index (χ3v) is 2.07. The lowest BCUT2D eigenvalue weighted by Crippen LogP contribution is -2.31. The Balaban J connectivity index is 2.48. The van der Waals surface area contributed by atoms with Gasteiger partial charge in [0.05, 0.1) is 6.04 Å². The second kappa shape index (κ2) is 4.98. The number of nitrogens with two attached hydrogens (primary N) is 1. The van der Waals surface area contributed by atoms with Crippen LogP contribution >= 0.6 is 0 Å². The monoisotopic (exact) mass is 210 g/mol. The first kappa shape index (κ1) is 11.8. The van der Waals surface area contributed by atoms with Crippen LogP contribution in [0, 0.1) is 6.92 Å². The molecule has 0 saturated carbocycles. The Hall–Kier alpha value is -1.29. The number of hydrogen-bond donors (Lipinski definition) is 2. The van der Waals surface area contributed by atoms with Crippen LogP contribution < -0.4 is 11.1 Å². The molecule has 1 rings (SSSR count). The molecule has 0 spiro atoms. The van der Waals surface area contributed by atoms with Crippen molar-refractivity contribution in [1.29, 1.82) is 0 Å². The van der Waals surface area contributed by atoms with Crippen LogP contribution in [0.25, 0.3) is 0 Å². The summed E-state index contributed by atoms with van der Waals surface area (Å²) in [5.74, 6) is 1.57. The minimum Gasteiger partial charge on any atom is -0.464 e. The van der Waals surface area contributed by atoms with E-state index >= 15 is 0 Å². The summed E-state index contributed by atoms with van der Waals surface area (Å²) >= 11 is 0. The zero-order valence-electron chi connectivity index (χ0n) is 9.41. The molecule has 0 aromatic carbocycles. The van der Waals surface area contributed by atoms with Gasteiger partial charge in [-0.1, -0.05) is 0 Å². The van der Waals surface area contributed by atoms with Crippen LogP contribution in [0.1, 0.15) is 37.8 Å². The molecule has 4 nitrogen and oxygen atoms in total. The van der Waals surface area contributed by atoms with E-state index in [0.29, 0.717) is 6.42 Å². The third kappa shape index (κ3) is 3.75. The molecular weight excluding hydrogens is 192 g/mol. The van der Waals surface area contributed by atoms with Crippen molar-refractivity contribution in [2.75, 3.05) is 0 Å². The number of rotatable bonds is 4. The molecule has 15 heavy (non-hydrogen) atoms. The first-order valence-electron chi connectivity index (χ1n) is 5.10. The molecule has 0 fully saturated rings. The van der Waals surface area contributed by atoms with Crippen LogP contribution in [0.2, 0.25) is 0 Å². The lowest BCUT2D eigenvalue weighted by molar-refractivity contribution is -0.122. The number of furan rings is 1. The van der Waals surface area contributed by atoms with E-state index in [4.69, 9.17) is 10.2 Å². The van der Waals surface area contributed by atoms with Crippen molar-refractivity contribution >= 4 is 5.91 Å². The maximum absolute atomic E-state index is 11.4. The Kier molecular flexibility index (Phi) is 3.91. The SMILES string of the molecule is Cc1ccc(C(C)NC(=O)CC(C)N)o1. The molecule has 0 aliphatic heterocycles. The highest BCUT2D eigenvalue weighted by molar-refractivity contribution is 5.76. The van der Waals surface area contributed by atoms with Crippen LogP contribution in [-0.4, -0.2) is 11.9 Å². The second-order valence-corrected chi connectivity index (χ2v) is 3.92. The molecule has 2 atom stereocenters. The van der Waals surface area contributed by atoms with E-state index in [0.717, 1.165) is 11.5 Å². The topological polar surface area (TPSA) is 68.3 Å². The number of hydrogen-bond acceptors (Lipinski definition) is 3. The molecule has 1 aromatic rings. The quantitative estimate of drug-likeness (QED) is 0.791. The Morgan fingerprint density at radius 3 is 2.67 bits per heavy atom. The summed E-state index contributed by atoms with van der Waals surface area (Å²) in [5, 5.41) is 2.83. The van der Waals surface area contributed by atoms with E-state index in [-0.39, 0.29) is 18.0 Å². The van der Waals surface area contributed by atoms with Crippen LogP contribution in [0.15, 0.2) is 16.5 Å². The maximum atomic E-state index is 11.4. The van der Waals surface area contributed by atoms with Gasteiger partial charge in [0.25, 0.3) is 0 Å². The van der Waals surface area contributed by atoms with Crippen LogP contribution in [-0.2, 0) is 4.79 Å². The van der Waals surface area contributed by atoms with E-state index in [1.54, 1.807) is 6.92 Å². The fourth-order valence-corrected chi connectivity index (χ4v) is 1.35. The predicted octanol–water partition coefficient (Wildman–Crippen LogP) is 1.50. The average molecular weight is 210 g/mol. The van der Waals surface area contributed by atoms with Gasteiger partial charge in [0.15, 0.2) is 0 Å². The second-order valence-electron chi connectivity index (χ2n) is 3.92. The maximum Gasteiger partial charge on any atom is 0.222 e. The summed E-state index contributed by atoms with van der Waals surface area (Å²) in [6.45, 7) is 5.57. The molecule has 0 radical (unpaired) electrons.